The Hall–Kier alpha value is -3.80. The summed E-state index contributed by atoms with van der Waals surface area (Å²) in [5.74, 6) is 0.634. The first-order chi connectivity index (χ1) is 15.4. The number of methoxy groups -OCH3 is 1. The molecule has 0 saturated carbocycles. The summed E-state index contributed by atoms with van der Waals surface area (Å²) < 4.78 is 10.9. The number of ether oxygens (including phenoxy) is 1. The van der Waals surface area contributed by atoms with Gasteiger partial charge in [-0.25, -0.2) is 0 Å². The Kier molecular flexibility index (Phi) is 4.66. The number of furan rings is 1. The van der Waals surface area contributed by atoms with E-state index >= 15 is 0 Å². The van der Waals surface area contributed by atoms with Gasteiger partial charge in [-0.1, -0.05) is 51.1 Å². The second kappa shape index (κ2) is 7.41. The largest absolute Gasteiger partial charge is 0.496 e. The van der Waals surface area contributed by atoms with Crippen LogP contribution in [0, 0.1) is 0 Å². The molecule has 0 saturated heterocycles. The predicted octanol–water partition coefficient (Wildman–Crippen LogP) is 5.73. The van der Waals surface area contributed by atoms with Crippen molar-refractivity contribution in [2.75, 3.05) is 12.0 Å². The highest BCUT2D eigenvalue weighted by Gasteiger charge is 2.45. The SMILES string of the molecule is COc1ccccc1C1c2c(C(C)(C)C)n[nH]c2C(=O)N1c1ccc(-c2ccoc2)cc1. The second-order valence-corrected chi connectivity index (χ2v) is 8.99. The topological polar surface area (TPSA) is 71.4 Å². The minimum atomic E-state index is -0.346. The van der Waals surface area contributed by atoms with E-state index in [4.69, 9.17) is 9.15 Å². The Balaban J connectivity index is 1.68. The van der Waals surface area contributed by atoms with E-state index in [9.17, 15) is 4.79 Å². The monoisotopic (exact) mass is 427 g/mol. The average Bonchev–Trinajstić information content (AvgIpc) is 3.51. The van der Waals surface area contributed by atoms with Gasteiger partial charge < -0.3 is 9.15 Å². The fraction of sp³-hybridized carbons (Fsp3) is 0.231. The van der Waals surface area contributed by atoms with Crippen LogP contribution >= 0.6 is 0 Å². The third kappa shape index (κ3) is 3.11. The van der Waals surface area contributed by atoms with Crippen LogP contribution in [0.25, 0.3) is 11.1 Å². The summed E-state index contributed by atoms with van der Waals surface area (Å²) in [7, 11) is 1.65. The van der Waals surface area contributed by atoms with Crippen LogP contribution in [-0.4, -0.2) is 23.2 Å². The van der Waals surface area contributed by atoms with E-state index in [1.54, 1.807) is 19.6 Å². The molecule has 0 aliphatic carbocycles. The van der Waals surface area contributed by atoms with Crippen molar-refractivity contribution in [2.24, 2.45) is 0 Å². The number of benzene rings is 2. The fourth-order valence-electron chi connectivity index (χ4n) is 4.41. The lowest BCUT2D eigenvalue weighted by Gasteiger charge is -2.29. The summed E-state index contributed by atoms with van der Waals surface area (Å²) in [5, 5.41) is 7.56. The molecular weight excluding hydrogens is 402 g/mol. The van der Waals surface area contributed by atoms with Gasteiger partial charge in [0.2, 0.25) is 0 Å². The molecule has 5 rings (SSSR count). The van der Waals surface area contributed by atoms with Gasteiger partial charge in [0.05, 0.1) is 31.4 Å². The summed E-state index contributed by atoms with van der Waals surface area (Å²) in [4.78, 5) is 15.5. The molecule has 0 fully saturated rings. The summed E-state index contributed by atoms with van der Waals surface area (Å²) in [5.41, 5.74) is 5.85. The number of carbonyl (C=O) groups excluding carboxylic acids is 1. The summed E-state index contributed by atoms with van der Waals surface area (Å²) in [6.45, 7) is 6.32. The number of rotatable bonds is 4. The van der Waals surface area contributed by atoms with Crippen LogP contribution in [0.5, 0.6) is 5.75 Å². The molecule has 2 aromatic heterocycles. The Labute approximate surface area is 186 Å². The third-order valence-electron chi connectivity index (χ3n) is 5.91. The number of carbonyl (C=O) groups is 1. The smallest absolute Gasteiger partial charge is 0.277 e. The first-order valence-electron chi connectivity index (χ1n) is 10.6. The van der Waals surface area contributed by atoms with E-state index < -0.39 is 0 Å². The lowest BCUT2D eigenvalue weighted by atomic mass is 9.85. The van der Waals surface area contributed by atoms with Gasteiger partial charge in [0.25, 0.3) is 5.91 Å². The number of H-pyrrole nitrogens is 1. The molecule has 6 heteroatoms. The molecule has 1 aliphatic rings. The van der Waals surface area contributed by atoms with Gasteiger partial charge in [-0.15, -0.1) is 0 Å². The molecule has 1 N–H and O–H groups in total. The molecule has 2 aromatic carbocycles. The van der Waals surface area contributed by atoms with E-state index in [-0.39, 0.29) is 17.4 Å². The molecule has 162 valence electrons. The summed E-state index contributed by atoms with van der Waals surface area (Å²) in [6, 6.07) is 17.4. The Bertz CT molecular complexity index is 1260. The lowest BCUT2D eigenvalue weighted by molar-refractivity contribution is 0.0988. The molecule has 32 heavy (non-hydrogen) atoms. The van der Waals surface area contributed by atoms with Gasteiger partial charge in [0.1, 0.15) is 11.4 Å². The highest BCUT2D eigenvalue weighted by Crippen LogP contribution is 2.47. The number of anilines is 1. The zero-order valence-electron chi connectivity index (χ0n) is 18.5. The van der Waals surface area contributed by atoms with Crippen molar-refractivity contribution in [3.8, 4) is 16.9 Å². The number of para-hydroxylation sites is 1. The van der Waals surface area contributed by atoms with Crippen LogP contribution in [0.4, 0.5) is 5.69 Å². The Morgan fingerprint density at radius 1 is 1.03 bits per heavy atom. The van der Waals surface area contributed by atoms with Gasteiger partial charge >= 0.3 is 0 Å². The highest BCUT2D eigenvalue weighted by molar-refractivity contribution is 6.11. The number of aromatic nitrogens is 2. The van der Waals surface area contributed by atoms with E-state index in [0.717, 1.165) is 39.4 Å². The number of hydrogen-bond donors (Lipinski definition) is 1. The van der Waals surface area contributed by atoms with Gasteiger partial charge in [-0.2, -0.15) is 5.10 Å². The second-order valence-electron chi connectivity index (χ2n) is 8.99. The van der Waals surface area contributed by atoms with E-state index in [1.807, 2.05) is 59.5 Å². The Morgan fingerprint density at radius 3 is 2.44 bits per heavy atom. The van der Waals surface area contributed by atoms with Crippen LogP contribution in [0.3, 0.4) is 0 Å². The molecule has 0 bridgehead atoms. The molecule has 0 radical (unpaired) electrons. The zero-order chi connectivity index (χ0) is 22.5. The van der Waals surface area contributed by atoms with Gasteiger partial charge in [0.15, 0.2) is 0 Å². The highest BCUT2D eigenvalue weighted by atomic mass is 16.5. The molecule has 1 unspecified atom stereocenters. The minimum Gasteiger partial charge on any atom is -0.496 e. The number of hydrogen-bond acceptors (Lipinski definition) is 4. The minimum absolute atomic E-state index is 0.102. The molecule has 3 heterocycles. The van der Waals surface area contributed by atoms with Crippen LogP contribution in [0.15, 0.2) is 71.5 Å². The van der Waals surface area contributed by atoms with Crippen molar-refractivity contribution in [3.63, 3.8) is 0 Å². The zero-order valence-corrected chi connectivity index (χ0v) is 18.5. The number of amides is 1. The maximum atomic E-state index is 13.6. The van der Waals surface area contributed by atoms with Crippen molar-refractivity contribution in [2.45, 2.75) is 32.2 Å². The molecule has 1 aliphatic heterocycles. The lowest BCUT2D eigenvalue weighted by Crippen LogP contribution is -2.30. The van der Waals surface area contributed by atoms with Crippen molar-refractivity contribution < 1.29 is 13.9 Å². The van der Waals surface area contributed by atoms with Crippen LogP contribution in [0.2, 0.25) is 0 Å². The first kappa shape index (κ1) is 20.1. The Morgan fingerprint density at radius 2 is 1.78 bits per heavy atom. The maximum Gasteiger partial charge on any atom is 0.277 e. The van der Waals surface area contributed by atoms with Gasteiger partial charge in [-0.05, 0) is 29.8 Å². The number of fused-ring (bicyclic) bond motifs is 1. The van der Waals surface area contributed by atoms with Crippen molar-refractivity contribution in [1.82, 2.24) is 10.2 Å². The molecule has 6 nitrogen and oxygen atoms in total. The van der Waals surface area contributed by atoms with Gasteiger partial charge in [0, 0.05) is 27.8 Å². The molecular formula is C26H25N3O3. The van der Waals surface area contributed by atoms with Crippen LogP contribution < -0.4 is 9.64 Å². The standard InChI is InChI=1S/C26H25N3O3/c1-26(2,3)24-21-22(27-28-24)25(30)29(23(21)19-7-5-6-8-20(19)31-4)18-11-9-16(10-12-18)17-13-14-32-15-17/h5-15,23H,1-4H3,(H,27,28). The van der Waals surface area contributed by atoms with E-state index in [1.165, 1.54) is 0 Å². The van der Waals surface area contributed by atoms with Gasteiger partial charge in [-0.3, -0.25) is 14.8 Å². The van der Waals surface area contributed by atoms with Crippen molar-refractivity contribution >= 4 is 11.6 Å². The quantitative estimate of drug-likeness (QED) is 0.452. The third-order valence-corrected chi connectivity index (χ3v) is 5.91. The number of nitrogens with one attached hydrogen (secondary N) is 1. The van der Waals surface area contributed by atoms with Crippen LogP contribution in [0.1, 0.15) is 54.1 Å². The first-order valence-corrected chi connectivity index (χ1v) is 10.6. The maximum absolute atomic E-state index is 13.6. The fourth-order valence-corrected chi connectivity index (χ4v) is 4.41. The molecule has 4 aromatic rings. The van der Waals surface area contributed by atoms with Crippen LogP contribution in [-0.2, 0) is 5.41 Å². The normalized spacial score (nSPS) is 15.8. The molecule has 1 atom stereocenters. The number of nitrogens with zero attached hydrogens (tertiary/aromatic N) is 2. The molecule has 0 spiro atoms. The molecule has 1 amide bonds. The predicted molar refractivity (Wildman–Crippen MR) is 123 cm³/mol. The van der Waals surface area contributed by atoms with E-state index in [2.05, 4.69) is 31.0 Å². The average molecular weight is 428 g/mol. The summed E-state index contributed by atoms with van der Waals surface area (Å²) in [6.07, 6.45) is 3.36. The number of aromatic amines is 1. The summed E-state index contributed by atoms with van der Waals surface area (Å²) >= 11 is 0. The van der Waals surface area contributed by atoms with Crippen molar-refractivity contribution in [3.05, 3.63) is 89.6 Å². The van der Waals surface area contributed by atoms with E-state index in [0.29, 0.717) is 5.69 Å². The van der Waals surface area contributed by atoms with Crippen molar-refractivity contribution in [1.29, 1.82) is 0 Å².